The molecule has 0 spiro atoms. The van der Waals surface area contributed by atoms with E-state index >= 15 is 0 Å². The maximum atomic E-state index is 14.8. The molecule has 3 aliphatic rings. The highest BCUT2D eigenvalue weighted by Crippen LogP contribution is 2.50. The molecule has 0 aliphatic carbocycles. The Morgan fingerprint density at radius 2 is 1.98 bits per heavy atom. The summed E-state index contributed by atoms with van der Waals surface area (Å²) >= 11 is 5.98. The highest BCUT2D eigenvalue weighted by atomic mass is 35.5. The number of rotatable bonds is 7. The van der Waals surface area contributed by atoms with E-state index in [1.807, 2.05) is 18.2 Å². The third-order valence-corrected chi connectivity index (χ3v) is 9.22. The van der Waals surface area contributed by atoms with Crippen LogP contribution in [0, 0.1) is 5.82 Å². The number of nitrogens with zero attached hydrogens (tertiary/aromatic N) is 5. The molecule has 1 unspecified atom stereocenters. The van der Waals surface area contributed by atoms with Gasteiger partial charge in [0.15, 0.2) is 23.0 Å². The third-order valence-electron chi connectivity index (χ3n) is 8.98. The van der Waals surface area contributed by atoms with E-state index in [9.17, 15) is 9.18 Å². The molecule has 232 valence electrons. The number of imidazole rings is 1. The Kier molecular flexibility index (Phi) is 6.88. The number of aromatic nitrogens is 5. The first-order valence-electron chi connectivity index (χ1n) is 15.0. The molecule has 8 rings (SSSR count). The number of pyridine rings is 1. The van der Waals surface area contributed by atoms with Gasteiger partial charge in [0.2, 0.25) is 0 Å². The zero-order valence-electron chi connectivity index (χ0n) is 24.5. The first-order chi connectivity index (χ1) is 21.8. The summed E-state index contributed by atoms with van der Waals surface area (Å²) in [6.07, 6.45) is 4.63. The summed E-state index contributed by atoms with van der Waals surface area (Å²) in [5.74, 6) is 0.394. The minimum absolute atomic E-state index is 0.134. The van der Waals surface area contributed by atoms with Crippen LogP contribution < -0.4 is 15.2 Å². The van der Waals surface area contributed by atoms with Gasteiger partial charge in [0.25, 0.3) is 5.79 Å². The minimum atomic E-state index is -1.28. The molecule has 3 aromatic heterocycles. The molecular formula is C32H30ClFN6O5. The topological polar surface area (TPSA) is 121 Å². The van der Waals surface area contributed by atoms with E-state index in [4.69, 9.17) is 30.8 Å². The maximum absolute atomic E-state index is 14.8. The average molecular weight is 633 g/mol. The molecule has 3 aliphatic heterocycles. The van der Waals surface area contributed by atoms with E-state index in [0.717, 1.165) is 61.5 Å². The molecule has 2 saturated heterocycles. The molecule has 45 heavy (non-hydrogen) atoms. The van der Waals surface area contributed by atoms with E-state index in [1.54, 1.807) is 25.3 Å². The lowest BCUT2D eigenvalue weighted by Gasteiger charge is -2.33. The molecule has 13 heteroatoms. The minimum Gasteiger partial charge on any atom is -0.444 e. The van der Waals surface area contributed by atoms with Crippen LogP contribution in [0.2, 0.25) is 5.02 Å². The van der Waals surface area contributed by atoms with E-state index in [1.165, 1.54) is 6.07 Å². The van der Waals surface area contributed by atoms with Crippen LogP contribution in [0.15, 0.2) is 58.0 Å². The van der Waals surface area contributed by atoms with Crippen LogP contribution in [-0.2, 0) is 23.6 Å². The average Bonchev–Trinajstić information content (AvgIpc) is 3.69. The number of para-hydroxylation sites is 1. The summed E-state index contributed by atoms with van der Waals surface area (Å²) in [4.78, 5) is 26.1. The predicted octanol–water partition coefficient (Wildman–Crippen LogP) is 5.38. The molecule has 5 aromatic rings. The second kappa shape index (κ2) is 11.0. The van der Waals surface area contributed by atoms with Crippen molar-refractivity contribution in [1.82, 2.24) is 29.6 Å². The fourth-order valence-corrected chi connectivity index (χ4v) is 6.68. The number of fused-ring (bicyclic) bond motifs is 2. The molecule has 0 saturated carbocycles. The van der Waals surface area contributed by atoms with Crippen LogP contribution in [0.3, 0.4) is 0 Å². The second-order valence-corrected chi connectivity index (χ2v) is 12.4. The molecule has 2 fully saturated rings. The number of hydrogen-bond donors (Lipinski definition) is 1. The maximum Gasteiger partial charge on any atom is 0.439 e. The summed E-state index contributed by atoms with van der Waals surface area (Å²) in [6.45, 7) is 5.56. The number of nitrogens with one attached hydrogen (secondary N) is 1. The van der Waals surface area contributed by atoms with Crippen molar-refractivity contribution in [1.29, 1.82) is 0 Å². The highest BCUT2D eigenvalue weighted by Gasteiger charge is 2.43. The van der Waals surface area contributed by atoms with Crippen LogP contribution in [-0.4, -0.2) is 55.4 Å². The molecule has 0 bridgehead atoms. The number of piperidine rings is 1. The summed E-state index contributed by atoms with van der Waals surface area (Å²) in [5.41, 5.74) is 3.49. The van der Waals surface area contributed by atoms with Gasteiger partial charge in [-0.2, -0.15) is 0 Å². The van der Waals surface area contributed by atoms with E-state index in [0.29, 0.717) is 46.6 Å². The number of benzene rings is 2. The molecule has 6 heterocycles. The third kappa shape index (κ3) is 5.16. The zero-order chi connectivity index (χ0) is 30.7. The van der Waals surface area contributed by atoms with Gasteiger partial charge in [-0.15, -0.1) is 0 Å². The lowest BCUT2D eigenvalue weighted by molar-refractivity contribution is -0.0712. The van der Waals surface area contributed by atoms with Crippen molar-refractivity contribution in [2.45, 2.75) is 57.1 Å². The van der Waals surface area contributed by atoms with Gasteiger partial charge in [0.05, 0.1) is 24.8 Å². The lowest BCUT2D eigenvalue weighted by atomic mass is 9.88. The van der Waals surface area contributed by atoms with Crippen LogP contribution in [0.25, 0.3) is 22.6 Å². The van der Waals surface area contributed by atoms with Crippen molar-refractivity contribution in [2.75, 3.05) is 19.7 Å². The monoisotopic (exact) mass is 632 g/mol. The smallest absolute Gasteiger partial charge is 0.439 e. The Morgan fingerprint density at radius 3 is 2.71 bits per heavy atom. The normalized spacial score (nSPS) is 21.8. The highest BCUT2D eigenvalue weighted by molar-refractivity contribution is 6.30. The number of ether oxygens (including phenoxy) is 3. The first kappa shape index (κ1) is 28.2. The van der Waals surface area contributed by atoms with Crippen LogP contribution in [0.1, 0.15) is 49.1 Å². The van der Waals surface area contributed by atoms with E-state index in [2.05, 4.69) is 35.2 Å². The van der Waals surface area contributed by atoms with Crippen molar-refractivity contribution in [3.05, 3.63) is 87.0 Å². The number of aromatic amines is 1. The standard InChI is InChI=1S/C32H30ClFN6O5/c1-32(23-6-5-20(33)14-24(23)34)43-26-4-2-3-22(28(26)44-32)18-7-10-39(11-8-18)17-27-36-25-13-19(29-37-31(41)45-38-29)15-35-30(25)40(27)16-21-9-12-42-21/h2-6,13-15,18,21H,7-12,16-17H2,1H3,(H,37,38,41)/t21-,32?/m0/s1. The molecule has 11 nitrogen and oxygen atoms in total. The van der Waals surface area contributed by atoms with Crippen molar-refractivity contribution >= 4 is 22.8 Å². The summed E-state index contributed by atoms with van der Waals surface area (Å²) in [7, 11) is 0. The van der Waals surface area contributed by atoms with Gasteiger partial charge in [-0.3, -0.25) is 14.4 Å². The van der Waals surface area contributed by atoms with Crippen LogP contribution in [0.4, 0.5) is 4.39 Å². The van der Waals surface area contributed by atoms with Crippen molar-refractivity contribution in [3.63, 3.8) is 0 Å². The van der Waals surface area contributed by atoms with E-state index < -0.39 is 17.4 Å². The van der Waals surface area contributed by atoms with Crippen LogP contribution in [0.5, 0.6) is 11.5 Å². The Bertz CT molecular complexity index is 1960. The van der Waals surface area contributed by atoms with Gasteiger partial charge in [-0.05, 0) is 68.6 Å². The van der Waals surface area contributed by atoms with E-state index in [-0.39, 0.29) is 12.0 Å². The lowest BCUT2D eigenvalue weighted by Crippen LogP contribution is -2.35. The number of halogens is 2. The van der Waals surface area contributed by atoms with Crippen molar-refractivity contribution in [3.8, 4) is 22.9 Å². The van der Waals surface area contributed by atoms with Gasteiger partial charge in [-0.1, -0.05) is 28.9 Å². The molecule has 2 aromatic carbocycles. The molecule has 0 radical (unpaired) electrons. The largest absolute Gasteiger partial charge is 0.444 e. The molecular weight excluding hydrogens is 603 g/mol. The van der Waals surface area contributed by atoms with Crippen molar-refractivity contribution < 1.29 is 23.1 Å². The molecule has 0 amide bonds. The Balaban J connectivity index is 1.00. The van der Waals surface area contributed by atoms with Gasteiger partial charge in [0, 0.05) is 35.9 Å². The van der Waals surface area contributed by atoms with Crippen molar-refractivity contribution in [2.24, 2.45) is 0 Å². The fraction of sp³-hybridized carbons (Fsp3) is 0.375. The molecule has 2 atom stereocenters. The number of H-pyrrole nitrogens is 1. The summed E-state index contributed by atoms with van der Waals surface area (Å²) in [5, 5.41) is 4.11. The van der Waals surface area contributed by atoms with Gasteiger partial charge in [-0.25, -0.2) is 19.2 Å². The fourth-order valence-electron chi connectivity index (χ4n) is 6.53. The summed E-state index contributed by atoms with van der Waals surface area (Å²) < 4.78 is 40.0. The Hall–Kier alpha value is -4.26. The number of likely N-dealkylation sites (tertiary alicyclic amines) is 1. The van der Waals surface area contributed by atoms with Gasteiger partial charge in [0.1, 0.15) is 17.2 Å². The van der Waals surface area contributed by atoms with Gasteiger partial charge < -0.3 is 18.8 Å². The van der Waals surface area contributed by atoms with Crippen LogP contribution >= 0.6 is 11.6 Å². The SMILES string of the molecule is CC1(c2ccc(Cl)cc2F)Oc2cccc(C3CCN(Cc4nc5cc(-c6noc(=O)[nH]6)cnc5n4C[C@@H]4CCO4)CC3)c2O1. The Morgan fingerprint density at radius 1 is 1.13 bits per heavy atom. The number of hydrogen-bond acceptors (Lipinski definition) is 9. The Labute approximate surface area is 261 Å². The predicted molar refractivity (Wildman–Crippen MR) is 162 cm³/mol. The summed E-state index contributed by atoms with van der Waals surface area (Å²) in [6, 6.07) is 12.3. The second-order valence-electron chi connectivity index (χ2n) is 11.9. The zero-order valence-corrected chi connectivity index (χ0v) is 25.2. The molecule has 1 N–H and O–H groups in total. The van der Waals surface area contributed by atoms with Gasteiger partial charge >= 0.3 is 5.76 Å². The first-order valence-corrected chi connectivity index (χ1v) is 15.4. The quantitative estimate of drug-likeness (QED) is 0.252.